The summed E-state index contributed by atoms with van der Waals surface area (Å²) in [6.45, 7) is 5.63. The van der Waals surface area contributed by atoms with Gasteiger partial charge >= 0.3 is 5.63 Å². The Morgan fingerprint density at radius 3 is 2.61 bits per heavy atom. The first-order valence-corrected chi connectivity index (χ1v) is 9.98. The van der Waals surface area contributed by atoms with Crippen LogP contribution in [0.15, 0.2) is 27.4 Å². The van der Waals surface area contributed by atoms with E-state index in [1.54, 1.807) is 14.0 Å². The highest BCUT2D eigenvalue weighted by molar-refractivity contribution is 5.88. The molecule has 1 amide bonds. The van der Waals surface area contributed by atoms with E-state index in [-0.39, 0.29) is 17.6 Å². The number of hydrogen-bond donors (Lipinski definition) is 1. The number of rotatable bonds is 6. The minimum atomic E-state index is -0.651. The standard InChI is InChI=1S/C22H29NO5/c1-5-15-12-20(24)28-19-11-13(2)10-18(21(15)19)27-14(3)22(25)23-16-6-8-17(26-4)9-7-16/h10-12,14,16-17H,5-9H2,1-4H3,(H,23,25). The van der Waals surface area contributed by atoms with Crippen LogP contribution in [-0.2, 0) is 16.0 Å². The van der Waals surface area contributed by atoms with Crippen molar-refractivity contribution < 1.29 is 18.7 Å². The van der Waals surface area contributed by atoms with Crippen LogP contribution in [0.25, 0.3) is 11.0 Å². The minimum absolute atomic E-state index is 0.133. The summed E-state index contributed by atoms with van der Waals surface area (Å²) >= 11 is 0. The minimum Gasteiger partial charge on any atom is -0.480 e. The Bertz CT molecular complexity index is 896. The van der Waals surface area contributed by atoms with Crippen molar-refractivity contribution in [3.05, 3.63) is 39.7 Å². The van der Waals surface area contributed by atoms with Crippen molar-refractivity contribution in [1.82, 2.24) is 5.32 Å². The highest BCUT2D eigenvalue weighted by Gasteiger charge is 2.25. The van der Waals surface area contributed by atoms with Crippen molar-refractivity contribution >= 4 is 16.9 Å². The van der Waals surface area contributed by atoms with Gasteiger partial charge in [0.1, 0.15) is 11.3 Å². The first-order valence-electron chi connectivity index (χ1n) is 9.98. The Balaban J connectivity index is 1.76. The number of carbonyl (C=O) groups is 1. The zero-order chi connectivity index (χ0) is 20.3. The number of fused-ring (bicyclic) bond motifs is 1. The Morgan fingerprint density at radius 2 is 1.96 bits per heavy atom. The van der Waals surface area contributed by atoms with Crippen molar-refractivity contribution in [2.75, 3.05) is 7.11 Å². The van der Waals surface area contributed by atoms with Gasteiger partial charge < -0.3 is 19.2 Å². The molecular weight excluding hydrogens is 358 g/mol. The van der Waals surface area contributed by atoms with Gasteiger partial charge in [-0.3, -0.25) is 4.79 Å². The van der Waals surface area contributed by atoms with Gasteiger partial charge in [0.05, 0.1) is 11.5 Å². The van der Waals surface area contributed by atoms with Crippen molar-refractivity contribution in [2.45, 2.75) is 71.1 Å². The summed E-state index contributed by atoms with van der Waals surface area (Å²) in [4.78, 5) is 24.5. The summed E-state index contributed by atoms with van der Waals surface area (Å²) in [5.41, 5.74) is 1.87. The van der Waals surface area contributed by atoms with Crippen LogP contribution in [0.5, 0.6) is 5.75 Å². The van der Waals surface area contributed by atoms with Crippen LogP contribution in [0, 0.1) is 6.92 Å². The first-order chi connectivity index (χ1) is 13.4. The fourth-order valence-electron chi connectivity index (χ4n) is 3.85. The Morgan fingerprint density at radius 1 is 1.25 bits per heavy atom. The lowest BCUT2D eigenvalue weighted by atomic mass is 9.93. The molecule has 0 radical (unpaired) electrons. The average Bonchev–Trinajstić information content (AvgIpc) is 2.67. The van der Waals surface area contributed by atoms with Gasteiger partial charge in [-0.15, -0.1) is 0 Å². The topological polar surface area (TPSA) is 77.8 Å². The van der Waals surface area contributed by atoms with E-state index in [0.29, 0.717) is 23.9 Å². The van der Waals surface area contributed by atoms with Gasteiger partial charge in [-0.1, -0.05) is 6.92 Å². The molecule has 152 valence electrons. The van der Waals surface area contributed by atoms with Gasteiger partial charge in [-0.2, -0.15) is 0 Å². The summed E-state index contributed by atoms with van der Waals surface area (Å²) in [5, 5.41) is 3.85. The molecule has 6 heteroatoms. The molecule has 0 bridgehead atoms. The third kappa shape index (κ3) is 4.55. The van der Waals surface area contributed by atoms with E-state index in [1.807, 2.05) is 26.0 Å². The van der Waals surface area contributed by atoms with Gasteiger partial charge in [0.2, 0.25) is 0 Å². The summed E-state index contributed by atoms with van der Waals surface area (Å²) in [6, 6.07) is 5.35. The predicted octanol–water partition coefficient (Wildman–Crippen LogP) is 3.50. The molecule has 1 aliphatic rings. The molecule has 1 unspecified atom stereocenters. The molecule has 1 atom stereocenters. The molecule has 1 heterocycles. The summed E-state index contributed by atoms with van der Waals surface area (Å²) in [6.07, 6.45) is 4.05. The SMILES string of the molecule is CCc1cc(=O)oc2cc(C)cc(OC(C)C(=O)NC3CCC(OC)CC3)c12. The van der Waals surface area contributed by atoms with Gasteiger partial charge in [-0.25, -0.2) is 4.79 Å². The lowest BCUT2D eigenvalue weighted by molar-refractivity contribution is -0.128. The molecule has 28 heavy (non-hydrogen) atoms. The second-order valence-corrected chi connectivity index (χ2v) is 7.56. The monoisotopic (exact) mass is 387 g/mol. The summed E-state index contributed by atoms with van der Waals surface area (Å²) in [5.74, 6) is 0.437. The summed E-state index contributed by atoms with van der Waals surface area (Å²) in [7, 11) is 1.73. The number of nitrogens with one attached hydrogen (secondary N) is 1. The molecular formula is C22H29NO5. The third-order valence-corrected chi connectivity index (χ3v) is 5.44. The van der Waals surface area contributed by atoms with Crippen LogP contribution in [0.1, 0.15) is 50.7 Å². The average molecular weight is 387 g/mol. The Labute approximate surface area is 165 Å². The number of hydrogen-bond acceptors (Lipinski definition) is 5. The van der Waals surface area contributed by atoms with Crippen LogP contribution in [0.2, 0.25) is 0 Å². The normalized spacial score (nSPS) is 20.7. The number of amides is 1. The van der Waals surface area contributed by atoms with E-state index < -0.39 is 6.10 Å². The maximum Gasteiger partial charge on any atom is 0.336 e. The largest absolute Gasteiger partial charge is 0.480 e. The van der Waals surface area contributed by atoms with Gasteiger partial charge in [0.25, 0.3) is 5.91 Å². The molecule has 0 saturated heterocycles. The van der Waals surface area contributed by atoms with E-state index in [1.165, 1.54) is 6.07 Å². The summed E-state index contributed by atoms with van der Waals surface area (Å²) < 4.78 is 16.8. The van der Waals surface area contributed by atoms with Crippen molar-refractivity contribution in [3.63, 3.8) is 0 Å². The third-order valence-electron chi connectivity index (χ3n) is 5.44. The molecule has 2 aromatic rings. The van der Waals surface area contributed by atoms with Crippen LogP contribution in [0.4, 0.5) is 0 Å². The molecule has 1 N–H and O–H groups in total. The molecule has 1 saturated carbocycles. The number of ether oxygens (including phenoxy) is 2. The molecule has 1 aromatic carbocycles. The fourth-order valence-corrected chi connectivity index (χ4v) is 3.85. The van der Waals surface area contributed by atoms with Crippen molar-refractivity contribution in [2.24, 2.45) is 0 Å². The molecule has 3 rings (SSSR count). The van der Waals surface area contributed by atoms with Crippen LogP contribution >= 0.6 is 0 Å². The predicted molar refractivity (Wildman–Crippen MR) is 108 cm³/mol. The van der Waals surface area contributed by atoms with Gasteiger partial charge in [0.15, 0.2) is 6.10 Å². The maximum atomic E-state index is 12.7. The Kier molecular flexibility index (Phi) is 6.39. The van der Waals surface area contributed by atoms with Crippen LogP contribution < -0.4 is 15.7 Å². The number of benzene rings is 1. The van der Waals surface area contributed by atoms with E-state index in [0.717, 1.165) is 42.2 Å². The fraction of sp³-hybridized carbons (Fsp3) is 0.545. The lowest BCUT2D eigenvalue weighted by Crippen LogP contribution is -2.44. The zero-order valence-corrected chi connectivity index (χ0v) is 17.0. The van der Waals surface area contributed by atoms with Crippen LogP contribution in [0.3, 0.4) is 0 Å². The smallest absolute Gasteiger partial charge is 0.336 e. The second kappa shape index (κ2) is 8.78. The van der Waals surface area contributed by atoms with Gasteiger partial charge in [-0.05, 0) is 69.2 Å². The molecule has 1 aliphatic carbocycles. The van der Waals surface area contributed by atoms with Crippen molar-refractivity contribution in [1.29, 1.82) is 0 Å². The lowest BCUT2D eigenvalue weighted by Gasteiger charge is -2.29. The maximum absolute atomic E-state index is 12.7. The van der Waals surface area contributed by atoms with E-state index in [4.69, 9.17) is 13.9 Å². The van der Waals surface area contributed by atoms with Gasteiger partial charge in [0, 0.05) is 19.2 Å². The van der Waals surface area contributed by atoms with E-state index >= 15 is 0 Å². The Hall–Kier alpha value is -2.34. The zero-order valence-electron chi connectivity index (χ0n) is 17.0. The molecule has 6 nitrogen and oxygen atoms in total. The van der Waals surface area contributed by atoms with Crippen LogP contribution in [-0.4, -0.2) is 31.3 Å². The highest BCUT2D eigenvalue weighted by Crippen LogP contribution is 2.31. The second-order valence-electron chi connectivity index (χ2n) is 7.56. The molecule has 0 spiro atoms. The number of carbonyl (C=O) groups excluding carboxylic acids is 1. The quantitative estimate of drug-likeness (QED) is 0.768. The molecule has 0 aliphatic heterocycles. The van der Waals surface area contributed by atoms with E-state index in [9.17, 15) is 9.59 Å². The number of methoxy groups -OCH3 is 1. The number of aryl methyl sites for hydroxylation is 2. The van der Waals surface area contributed by atoms with E-state index in [2.05, 4.69) is 5.32 Å². The van der Waals surface area contributed by atoms with Crippen molar-refractivity contribution in [3.8, 4) is 5.75 Å². The highest BCUT2D eigenvalue weighted by atomic mass is 16.5. The molecule has 1 fully saturated rings. The molecule has 1 aromatic heterocycles. The first kappa shape index (κ1) is 20.4.